The van der Waals surface area contributed by atoms with E-state index in [1.807, 2.05) is 38.2 Å². The minimum atomic E-state index is -0.183. The lowest BCUT2D eigenvalue weighted by molar-refractivity contribution is 0.254. The first-order valence-corrected chi connectivity index (χ1v) is 7.65. The summed E-state index contributed by atoms with van der Waals surface area (Å²) in [6, 6.07) is 7.83. The first-order chi connectivity index (χ1) is 10.0. The van der Waals surface area contributed by atoms with Crippen LogP contribution < -0.4 is 11.1 Å². The number of aliphatic hydroxyl groups is 1. The summed E-state index contributed by atoms with van der Waals surface area (Å²) in [4.78, 5) is 3.86. The molecule has 2 rings (SSSR count). The van der Waals surface area contributed by atoms with Crippen LogP contribution in [0.4, 0.5) is 0 Å². The molecule has 114 valence electrons. The van der Waals surface area contributed by atoms with Crippen molar-refractivity contribution in [2.75, 3.05) is 6.61 Å². The average Bonchev–Trinajstić information content (AvgIpc) is 2.88. The molecule has 21 heavy (non-hydrogen) atoms. The van der Waals surface area contributed by atoms with Gasteiger partial charge in [0, 0.05) is 17.1 Å². The molecule has 0 saturated heterocycles. The van der Waals surface area contributed by atoms with Gasteiger partial charge in [0.15, 0.2) is 0 Å². The van der Waals surface area contributed by atoms with Crippen LogP contribution in [-0.2, 0) is 6.42 Å². The molecule has 0 fully saturated rings. The number of aromatic nitrogens is 1. The Kier molecular flexibility index (Phi) is 5.33. The molecule has 1 heterocycles. The highest BCUT2D eigenvalue weighted by atomic mass is 32.1. The summed E-state index contributed by atoms with van der Waals surface area (Å²) in [6.07, 6.45) is 2.69. The number of benzene rings is 1. The Morgan fingerprint density at radius 3 is 2.76 bits per heavy atom. The van der Waals surface area contributed by atoms with E-state index in [0.29, 0.717) is 11.4 Å². The molecule has 2 aromatic rings. The monoisotopic (exact) mass is 305 g/mol. The summed E-state index contributed by atoms with van der Waals surface area (Å²) in [6.45, 7) is 4.09. The van der Waals surface area contributed by atoms with Gasteiger partial charge in [0.05, 0.1) is 23.7 Å². The molecule has 5 heteroatoms. The highest BCUT2D eigenvalue weighted by molar-refractivity contribution is 7.80. The predicted octanol–water partition coefficient (Wildman–Crippen LogP) is 1.97. The lowest BCUT2D eigenvalue weighted by Crippen LogP contribution is -2.48. The Balaban J connectivity index is 2.07. The van der Waals surface area contributed by atoms with Gasteiger partial charge >= 0.3 is 0 Å². The number of nitrogens with two attached hydrogens (primary N) is 1. The number of thiocarbonyl (C=S) groups is 1. The van der Waals surface area contributed by atoms with Crippen LogP contribution in [0, 0.1) is 5.92 Å². The number of hydrogen-bond acceptors (Lipinski definition) is 3. The molecule has 0 unspecified atom stereocenters. The summed E-state index contributed by atoms with van der Waals surface area (Å²) in [7, 11) is 0. The summed E-state index contributed by atoms with van der Waals surface area (Å²) in [5, 5.41) is 14.0. The molecular weight excluding hydrogens is 282 g/mol. The maximum Gasteiger partial charge on any atom is 0.0929 e. The van der Waals surface area contributed by atoms with Gasteiger partial charge in [-0.1, -0.05) is 44.3 Å². The average molecular weight is 305 g/mol. The van der Waals surface area contributed by atoms with Gasteiger partial charge in [0.1, 0.15) is 0 Å². The zero-order chi connectivity index (χ0) is 15.4. The third-order valence-corrected chi connectivity index (χ3v) is 4.12. The van der Waals surface area contributed by atoms with Crippen LogP contribution in [0.3, 0.4) is 0 Å². The third kappa shape index (κ3) is 3.81. The summed E-state index contributed by atoms with van der Waals surface area (Å²) >= 11 is 5.33. The lowest BCUT2D eigenvalue weighted by atomic mass is 10.0. The van der Waals surface area contributed by atoms with Crippen molar-refractivity contribution < 1.29 is 5.11 Å². The molecule has 0 aliphatic heterocycles. The van der Waals surface area contributed by atoms with E-state index in [-0.39, 0.29) is 24.6 Å². The molecule has 0 amide bonds. The largest absolute Gasteiger partial charge is 0.394 e. The summed E-state index contributed by atoms with van der Waals surface area (Å²) in [5.41, 5.74) is 8.30. The normalized spacial score (nSPS) is 14.3. The van der Waals surface area contributed by atoms with Crippen molar-refractivity contribution in [3.63, 3.8) is 0 Å². The predicted molar refractivity (Wildman–Crippen MR) is 91.4 cm³/mol. The number of aliphatic hydroxyl groups excluding tert-OH is 1. The molecule has 0 aliphatic rings. The smallest absolute Gasteiger partial charge is 0.0929 e. The maximum atomic E-state index is 9.59. The minimum absolute atomic E-state index is 0.0183. The van der Waals surface area contributed by atoms with Crippen LogP contribution in [0.25, 0.3) is 10.9 Å². The van der Waals surface area contributed by atoms with Crippen molar-refractivity contribution in [1.82, 2.24) is 10.3 Å². The molecule has 0 spiro atoms. The second-order valence-corrected chi connectivity index (χ2v) is 6.16. The summed E-state index contributed by atoms with van der Waals surface area (Å²) in [5.74, 6) is 0.275. The number of fused-ring (bicyclic) bond motifs is 1. The van der Waals surface area contributed by atoms with Crippen LogP contribution >= 0.6 is 12.2 Å². The molecule has 1 aromatic carbocycles. The number of rotatable bonds is 6. The Morgan fingerprint density at radius 1 is 1.38 bits per heavy atom. The molecule has 0 bridgehead atoms. The Labute approximate surface area is 130 Å². The van der Waals surface area contributed by atoms with E-state index in [1.54, 1.807) is 0 Å². The first kappa shape index (κ1) is 15.9. The fraction of sp³-hybridized carbons (Fsp3) is 0.438. The minimum Gasteiger partial charge on any atom is -0.394 e. The fourth-order valence-corrected chi connectivity index (χ4v) is 2.77. The van der Waals surface area contributed by atoms with Crippen LogP contribution in [0.5, 0.6) is 0 Å². The van der Waals surface area contributed by atoms with E-state index in [4.69, 9.17) is 18.0 Å². The Bertz CT molecular complexity index is 608. The van der Waals surface area contributed by atoms with Crippen molar-refractivity contribution in [3.8, 4) is 0 Å². The Hall–Kier alpha value is -1.43. The van der Waals surface area contributed by atoms with E-state index < -0.39 is 0 Å². The van der Waals surface area contributed by atoms with Gasteiger partial charge in [-0.15, -0.1) is 0 Å². The quantitative estimate of drug-likeness (QED) is 0.616. The van der Waals surface area contributed by atoms with Gasteiger partial charge in [0.25, 0.3) is 0 Å². The van der Waals surface area contributed by atoms with Crippen molar-refractivity contribution in [2.45, 2.75) is 32.4 Å². The molecule has 5 N–H and O–H groups in total. The van der Waals surface area contributed by atoms with Gasteiger partial charge in [-0.05, 0) is 24.0 Å². The van der Waals surface area contributed by atoms with E-state index in [2.05, 4.69) is 16.4 Å². The van der Waals surface area contributed by atoms with E-state index >= 15 is 0 Å². The zero-order valence-corrected chi connectivity index (χ0v) is 13.3. The fourth-order valence-electron chi connectivity index (χ4n) is 2.33. The van der Waals surface area contributed by atoms with Gasteiger partial charge in [-0.3, -0.25) is 0 Å². The van der Waals surface area contributed by atoms with E-state index in [0.717, 1.165) is 11.1 Å². The van der Waals surface area contributed by atoms with Crippen molar-refractivity contribution in [3.05, 3.63) is 36.0 Å². The highest BCUT2D eigenvalue weighted by Gasteiger charge is 2.18. The van der Waals surface area contributed by atoms with Crippen LogP contribution in [0.2, 0.25) is 0 Å². The lowest BCUT2D eigenvalue weighted by Gasteiger charge is -2.23. The molecule has 4 nitrogen and oxygen atoms in total. The number of nitrogens with one attached hydrogen (secondary N) is 2. The number of hydrogen-bond donors (Lipinski definition) is 4. The number of aromatic amines is 1. The van der Waals surface area contributed by atoms with Crippen LogP contribution in [0.15, 0.2) is 30.5 Å². The Morgan fingerprint density at radius 2 is 2.10 bits per heavy atom. The third-order valence-electron chi connectivity index (χ3n) is 3.73. The number of H-pyrrole nitrogens is 1. The zero-order valence-electron chi connectivity index (χ0n) is 12.5. The van der Waals surface area contributed by atoms with E-state index in [9.17, 15) is 5.11 Å². The van der Waals surface area contributed by atoms with Crippen LogP contribution in [-0.4, -0.2) is 33.8 Å². The SMILES string of the molecule is CC(C)[C@H](N)C(=S)N[C@H](CO)Cc1c[nH]c2ccccc12. The molecule has 0 saturated carbocycles. The van der Waals surface area contributed by atoms with Gasteiger partial charge in [0.2, 0.25) is 0 Å². The van der Waals surface area contributed by atoms with Crippen molar-refractivity contribution in [2.24, 2.45) is 11.7 Å². The second kappa shape index (κ2) is 7.02. The maximum absolute atomic E-state index is 9.59. The highest BCUT2D eigenvalue weighted by Crippen LogP contribution is 2.19. The van der Waals surface area contributed by atoms with Crippen molar-refractivity contribution in [1.29, 1.82) is 0 Å². The molecule has 2 atom stereocenters. The van der Waals surface area contributed by atoms with E-state index in [1.165, 1.54) is 5.39 Å². The van der Waals surface area contributed by atoms with Gasteiger partial charge in [-0.2, -0.15) is 0 Å². The van der Waals surface area contributed by atoms with Crippen LogP contribution in [0.1, 0.15) is 19.4 Å². The second-order valence-electron chi connectivity index (χ2n) is 5.72. The molecule has 0 aliphatic carbocycles. The topological polar surface area (TPSA) is 74.1 Å². The summed E-state index contributed by atoms with van der Waals surface area (Å²) < 4.78 is 0. The number of para-hydroxylation sites is 1. The molecule has 0 radical (unpaired) electrons. The molecule has 1 aromatic heterocycles. The first-order valence-electron chi connectivity index (χ1n) is 7.24. The standard InChI is InChI=1S/C16H23N3OS/c1-10(2)15(17)16(21)19-12(9-20)7-11-8-18-14-6-4-3-5-13(11)14/h3-6,8,10,12,15,18,20H,7,9,17H2,1-2H3,(H,19,21)/t12-,15-/m0/s1. The van der Waals surface area contributed by atoms with Gasteiger partial charge < -0.3 is 21.1 Å². The van der Waals surface area contributed by atoms with Crippen molar-refractivity contribution >= 4 is 28.1 Å². The molecular formula is C16H23N3OS. The van der Waals surface area contributed by atoms with Gasteiger partial charge in [-0.25, -0.2) is 0 Å².